The first-order valence-electron chi connectivity index (χ1n) is 8.12. The molecule has 1 aliphatic rings. The second-order valence-electron chi connectivity index (χ2n) is 6.73. The standard InChI is InChI=1S/C18H30N2/c1-6-16-12-20(18(11-19-16)14(4)5)17-9-7-8-15(10-17)13(2)3/h7-10,13-14,16,18-19H,6,11-12H2,1-5H3. The Kier molecular flexibility index (Phi) is 5.09. The van der Waals surface area contributed by atoms with Crippen molar-refractivity contribution < 1.29 is 0 Å². The highest BCUT2D eigenvalue weighted by molar-refractivity contribution is 5.51. The highest BCUT2D eigenvalue weighted by atomic mass is 15.2. The van der Waals surface area contributed by atoms with Crippen molar-refractivity contribution in [2.24, 2.45) is 5.92 Å². The molecule has 0 radical (unpaired) electrons. The van der Waals surface area contributed by atoms with E-state index in [1.165, 1.54) is 17.7 Å². The predicted octanol–water partition coefficient (Wildman–Crippen LogP) is 4.02. The van der Waals surface area contributed by atoms with Crippen molar-refractivity contribution in [3.8, 4) is 0 Å². The zero-order chi connectivity index (χ0) is 14.7. The molecule has 0 spiro atoms. The maximum Gasteiger partial charge on any atom is 0.0438 e. The van der Waals surface area contributed by atoms with Gasteiger partial charge in [-0.05, 0) is 36.0 Å². The molecule has 2 atom stereocenters. The van der Waals surface area contributed by atoms with Gasteiger partial charge in [-0.1, -0.05) is 46.8 Å². The van der Waals surface area contributed by atoms with Crippen molar-refractivity contribution in [2.75, 3.05) is 18.0 Å². The molecule has 112 valence electrons. The van der Waals surface area contributed by atoms with Gasteiger partial charge in [0, 0.05) is 30.9 Å². The van der Waals surface area contributed by atoms with Crippen molar-refractivity contribution in [3.05, 3.63) is 29.8 Å². The van der Waals surface area contributed by atoms with Crippen molar-refractivity contribution >= 4 is 5.69 Å². The SMILES string of the molecule is CCC1CN(c2cccc(C(C)C)c2)C(C(C)C)CN1. The van der Waals surface area contributed by atoms with Crippen LogP contribution in [0.5, 0.6) is 0 Å². The number of anilines is 1. The van der Waals surface area contributed by atoms with Gasteiger partial charge in [0.15, 0.2) is 0 Å². The average molecular weight is 274 g/mol. The van der Waals surface area contributed by atoms with E-state index in [0.717, 1.165) is 13.1 Å². The summed E-state index contributed by atoms with van der Waals surface area (Å²) in [6, 6.07) is 10.3. The third-order valence-corrected chi connectivity index (χ3v) is 4.56. The number of nitrogens with one attached hydrogen (secondary N) is 1. The number of hydrogen-bond acceptors (Lipinski definition) is 2. The Morgan fingerprint density at radius 1 is 1.25 bits per heavy atom. The van der Waals surface area contributed by atoms with Crippen LogP contribution in [0.2, 0.25) is 0 Å². The van der Waals surface area contributed by atoms with Gasteiger partial charge in [0.05, 0.1) is 0 Å². The summed E-state index contributed by atoms with van der Waals surface area (Å²) >= 11 is 0. The molecular formula is C18H30N2. The molecule has 0 aliphatic carbocycles. The quantitative estimate of drug-likeness (QED) is 0.892. The van der Waals surface area contributed by atoms with Gasteiger partial charge in [0.2, 0.25) is 0 Å². The molecule has 0 saturated carbocycles. The van der Waals surface area contributed by atoms with E-state index in [4.69, 9.17) is 0 Å². The lowest BCUT2D eigenvalue weighted by molar-refractivity contribution is 0.333. The summed E-state index contributed by atoms with van der Waals surface area (Å²) in [4.78, 5) is 2.63. The summed E-state index contributed by atoms with van der Waals surface area (Å²) in [6.07, 6.45) is 1.20. The first-order valence-corrected chi connectivity index (χ1v) is 8.12. The van der Waals surface area contributed by atoms with Crippen LogP contribution in [0.15, 0.2) is 24.3 Å². The Balaban J connectivity index is 2.27. The summed E-state index contributed by atoms with van der Waals surface area (Å²) in [5.74, 6) is 1.26. The molecule has 1 N–H and O–H groups in total. The highest BCUT2D eigenvalue weighted by Crippen LogP contribution is 2.27. The summed E-state index contributed by atoms with van der Waals surface area (Å²) < 4.78 is 0. The lowest BCUT2D eigenvalue weighted by Gasteiger charge is -2.44. The van der Waals surface area contributed by atoms with E-state index in [-0.39, 0.29) is 0 Å². The molecule has 1 fully saturated rings. The predicted molar refractivity (Wildman–Crippen MR) is 88.6 cm³/mol. The van der Waals surface area contributed by atoms with Crippen LogP contribution in [0.3, 0.4) is 0 Å². The van der Waals surface area contributed by atoms with Crippen LogP contribution in [0, 0.1) is 5.92 Å². The Morgan fingerprint density at radius 2 is 2.00 bits per heavy atom. The van der Waals surface area contributed by atoms with Gasteiger partial charge in [-0.3, -0.25) is 0 Å². The van der Waals surface area contributed by atoms with Gasteiger partial charge in [0.25, 0.3) is 0 Å². The second-order valence-corrected chi connectivity index (χ2v) is 6.73. The molecular weight excluding hydrogens is 244 g/mol. The Labute approximate surface area is 124 Å². The van der Waals surface area contributed by atoms with Gasteiger partial charge in [-0.15, -0.1) is 0 Å². The van der Waals surface area contributed by atoms with Crippen LogP contribution in [-0.2, 0) is 0 Å². The third-order valence-electron chi connectivity index (χ3n) is 4.56. The number of piperazine rings is 1. The highest BCUT2D eigenvalue weighted by Gasteiger charge is 2.29. The smallest absolute Gasteiger partial charge is 0.0438 e. The van der Waals surface area contributed by atoms with Crippen LogP contribution in [0.4, 0.5) is 5.69 Å². The molecule has 2 rings (SSSR count). The van der Waals surface area contributed by atoms with Crippen LogP contribution >= 0.6 is 0 Å². The lowest BCUT2D eigenvalue weighted by atomic mass is 9.95. The third kappa shape index (κ3) is 3.35. The first kappa shape index (κ1) is 15.4. The molecule has 2 nitrogen and oxygen atoms in total. The molecule has 0 bridgehead atoms. The Bertz CT molecular complexity index is 425. The maximum atomic E-state index is 3.70. The first-order chi connectivity index (χ1) is 9.52. The lowest BCUT2D eigenvalue weighted by Crippen LogP contribution is -2.58. The minimum atomic E-state index is 0.595. The Hall–Kier alpha value is -1.02. The molecule has 20 heavy (non-hydrogen) atoms. The molecule has 0 aromatic heterocycles. The van der Waals surface area contributed by atoms with Crippen molar-refractivity contribution in [2.45, 2.75) is 59.0 Å². The Morgan fingerprint density at radius 3 is 2.60 bits per heavy atom. The largest absolute Gasteiger partial charge is 0.365 e. The molecule has 1 aliphatic heterocycles. The van der Waals surface area contributed by atoms with Crippen LogP contribution in [0.25, 0.3) is 0 Å². The van der Waals surface area contributed by atoms with Crippen LogP contribution < -0.4 is 10.2 Å². The van der Waals surface area contributed by atoms with Gasteiger partial charge in [-0.2, -0.15) is 0 Å². The maximum absolute atomic E-state index is 3.70. The average Bonchev–Trinajstić information content (AvgIpc) is 2.46. The zero-order valence-corrected chi connectivity index (χ0v) is 13.7. The fourth-order valence-corrected chi connectivity index (χ4v) is 3.06. The van der Waals surface area contributed by atoms with Crippen molar-refractivity contribution in [3.63, 3.8) is 0 Å². The molecule has 1 aromatic rings. The minimum absolute atomic E-state index is 0.595. The van der Waals surface area contributed by atoms with Gasteiger partial charge in [-0.25, -0.2) is 0 Å². The van der Waals surface area contributed by atoms with E-state index >= 15 is 0 Å². The van der Waals surface area contributed by atoms with E-state index < -0.39 is 0 Å². The van der Waals surface area contributed by atoms with Crippen LogP contribution in [-0.4, -0.2) is 25.2 Å². The molecule has 1 heterocycles. The molecule has 1 saturated heterocycles. The summed E-state index contributed by atoms with van der Waals surface area (Å²) in [7, 11) is 0. The normalized spacial score (nSPS) is 23.6. The number of nitrogens with zero attached hydrogens (tertiary/aromatic N) is 1. The monoisotopic (exact) mass is 274 g/mol. The number of rotatable bonds is 4. The summed E-state index contributed by atoms with van der Waals surface area (Å²) in [5, 5.41) is 3.70. The van der Waals surface area contributed by atoms with Crippen molar-refractivity contribution in [1.82, 2.24) is 5.32 Å². The van der Waals surface area contributed by atoms with E-state index in [0.29, 0.717) is 23.9 Å². The minimum Gasteiger partial charge on any atom is -0.365 e. The second kappa shape index (κ2) is 6.62. The van der Waals surface area contributed by atoms with E-state index in [1.54, 1.807) is 0 Å². The fourth-order valence-electron chi connectivity index (χ4n) is 3.06. The molecule has 1 aromatic carbocycles. The fraction of sp³-hybridized carbons (Fsp3) is 0.667. The topological polar surface area (TPSA) is 15.3 Å². The number of hydrogen-bond donors (Lipinski definition) is 1. The summed E-state index contributed by atoms with van der Waals surface area (Å²) in [6.45, 7) is 13.7. The zero-order valence-electron chi connectivity index (χ0n) is 13.7. The van der Waals surface area contributed by atoms with Gasteiger partial charge >= 0.3 is 0 Å². The molecule has 0 amide bonds. The molecule has 2 heteroatoms. The van der Waals surface area contributed by atoms with E-state index in [1.807, 2.05) is 0 Å². The van der Waals surface area contributed by atoms with Gasteiger partial charge < -0.3 is 10.2 Å². The van der Waals surface area contributed by atoms with E-state index in [2.05, 4.69) is 69.1 Å². The summed E-state index contributed by atoms with van der Waals surface area (Å²) in [5.41, 5.74) is 2.84. The van der Waals surface area contributed by atoms with Crippen molar-refractivity contribution in [1.29, 1.82) is 0 Å². The molecule has 2 unspecified atom stereocenters. The van der Waals surface area contributed by atoms with Gasteiger partial charge in [0.1, 0.15) is 0 Å². The van der Waals surface area contributed by atoms with E-state index in [9.17, 15) is 0 Å². The number of benzene rings is 1. The van der Waals surface area contributed by atoms with Crippen LogP contribution in [0.1, 0.15) is 52.5 Å².